The minimum absolute atomic E-state index is 0.311. The van der Waals surface area contributed by atoms with Gasteiger partial charge in [0.1, 0.15) is 0 Å². The molecule has 0 aromatic heterocycles. The van der Waals surface area contributed by atoms with Crippen LogP contribution in [0.25, 0.3) is 0 Å². The zero-order valence-corrected chi connectivity index (χ0v) is 12.0. The van der Waals surface area contributed by atoms with Crippen LogP contribution in [0.4, 0.5) is 13.2 Å². The molecule has 0 fully saturated rings. The van der Waals surface area contributed by atoms with Gasteiger partial charge in [0.15, 0.2) is 0 Å². The fraction of sp³-hybridized carbons (Fsp3) is 0.294. The Bertz CT molecular complexity index is 615. The number of alkyl halides is 3. The van der Waals surface area contributed by atoms with Gasteiger partial charge in [-0.05, 0) is 54.7 Å². The average Bonchev–Trinajstić information content (AvgIpc) is 2.42. The molecular weight excluding hydrogens is 275 g/mol. The summed E-state index contributed by atoms with van der Waals surface area (Å²) in [5.74, 6) is 0. The second-order valence-corrected chi connectivity index (χ2v) is 5.35. The molecule has 21 heavy (non-hydrogen) atoms. The van der Waals surface area contributed by atoms with Gasteiger partial charge in [0.25, 0.3) is 0 Å². The topological polar surface area (TPSA) is 26.0 Å². The summed E-state index contributed by atoms with van der Waals surface area (Å²) in [6.07, 6.45) is -3.71. The van der Waals surface area contributed by atoms with Gasteiger partial charge in [-0.25, -0.2) is 0 Å². The van der Waals surface area contributed by atoms with Crippen molar-refractivity contribution < 1.29 is 13.2 Å². The van der Waals surface area contributed by atoms with Crippen LogP contribution in [0, 0.1) is 13.8 Å². The molecule has 0 amide bonds. The summed E-state index contributed by atoms with van der Waals surface area (Å²) >= 11 is 0. The van der Waals surface area contributed by atoms with E-state index in [1.54, 1.807) is 0 Å². The maximum Gasteiger partial charge on any atom is 0.416 e. The lowest BCUT2D eigenvalue weighted by Gasteiger charge is -2.14. The van der Waals surface area contributed by atoms with Gasteiger partial charge in [-0.2, -0.15) is 13.2 Å². The number of halogens is 3. The molecule has 1 nitrogen and oxygen atoms in total. The zero-order chi connectivity index (χ0) is 15.6. The Kier molecular flexibility index (Phi) is 4.37. The van der Waals surface area contributed by atoms with E-state index in [0.29, 0.717) is 12.0 Å². The van der Waals surface area contributed by atoms with Gasteiger partial charge >= 0.3 is 6.18 Å². The van der Waals surface area contributed by atoms with Crippen LogP contribution in [-0.4, -0.2) is 0 Å². The molecule has 1 atom stereocenters. The van der Waals surface area contributed by atoms with Crippen LogP contribution < -0.4 is 5.73 Å². The summed E-state index contributed by atoms with van der Waals surface area (Å²) in [6.45, 7) is 4.07. The van der Waals surface area contributed by atoms with Crippen molar-refractivity contribution in [1.82, 2.24) is 0 Å². The fourth-order valence-electron chi connectivity index (χ4n) is 2.22. The number of nitrogens with two attached hydrogens (primary N) is 1. The summed E-state index contributed by atoms with van der Waals surface area (Å²) in [4.78, 5) is 0. The average molecular weight is 293 g/mol. The van der Waals surface area contributed by atoms with E-state index in [9.17, 15) is 13.2 Å². The van der Waals surface area contributed by atoms with Gasteiger partial charge in [-0.3, -0.25) is 0 Å². The van der Waals surface area contributed by atoms with Crippen molar-refractivity contribution in [3.63, 3.8) is 0 Å². The lowest BCUT2D eigenvalue weighted by molar-refractivity contribution is -0.137. The van der Waals surface area contributed by atoms with Crippen LogP contribution in [0.15, 0.2) is 42.5 Å². The van der Waals surface area contributed by atoms with E-state index in [1.165, 1.54) is 23.3 Å². The van der Waals surface area contributed by atoms with Crippen LogP contribution in [0.3, 0.4) is 0 Å². The third-order valence-corrected chi connectivity index (χ3v) is 3.69. The highest BCUT2D eigenvalue weighted by Crippen LogP contribution is 2.30. The molecule has 2 aromatic rings. The molecule has 4 heteroatoms. The number of benzene rings is 2. The normalized spacial score (nSPS) is 13.2. The van der Waals surface area contributed by atoms with E-state index < -0.39 is 11.7 Å². The predicted octanol–water partition coefficient (Wildman–Crippen LogP) is 4.56. The van der Waals surface area contributed by atoms with Crippen molar-refractivity contribution in [3.05, 3.63) is 70.3 Å². The van der Waals surface area contributed by atoms with Gasteiger partial charge in [0, 0.05) is 6.04 Å². The van der Waals surface area contributed by atoms with E-state index in [-0.39, 0.29) is 6.04 Å². The van der Waals surface area contributed by atoms with Crippen molar-refractivity contribution in [1.29, 1.82) is 0 Å². The first-order valence-electron chi connectivity index (χ1n) is 6.76. The second kappa shape index (κ2) is 5.90. The standard InChI is InChI=1S/C17H18F3N/c1-11-3-4-13(9-12(11)2)10-16(21)14-5-7-15(8-6-14)17(18,19)20/h3-9,16H,10,21H2,1-2H3. The summed E-state index contributed by atoms with van der Waals surface area (Å²) < 4.78 is 37.6. The fourth-order valence-corrected chi connectivity index (χ4v) is 2.22. The Labute approximate surface area is 122 Å². The van der Waals surface area contributed by atoms with Crippen molar-refractivity contribution in [2.24, 2.45) is 5.73 Å². The monoisotopic (exact) mass is 293 g/mol. The number of hydrogen-bond donors (Lipinski definition) is 1. The molecule has 0 aliphatic rings. The molecule has 0 spiro atoms. The van der Waals surface area contributed by atoms with Gasteiger partial charge in [0.2, 0.25) is 0 Å². The Morgan fingerprint density at radius 2 is 1.57 bits per heavy atom. The van der Waals surface area contributed by atoms with Crippen LogP contribution in [-0.2, 0) is 12.6 Å². The first-order valence-corrected chi connectivity index (χ1v) is 6.76. The lowest BCUT2D eigenvalue weighted by atomic mass is 9.96. The van der Waals surface area contributed by atoms with Crippen LogP contribution in [0.5, 0.6) is 0 Å². The van der Waals surface area contributed by atoms with E-state index in [0.717, 1.165) is 17.7 Å². The lowest BCUT2D eigenvalue weighted by Crippen LogP contribution is -2.14. The number of rotatable bonds is 3. The van der Waals surface area contributed by atoms with Crippen molar-refractivity contribution in [2.45, 2.75) is 32.5 Å². The first-order chi connectivity index (χ1) is 9.77. The van der Waals surface area contributed by atoms with E-state index >= 15 is 0 Å². The Balaban J connectivity index is 2.13. The van der Waals surface area contributed by atoms with Gasteiger partial charge in [-0.15, -0.1) is 0 Å². The van der Waals surface area contributed by atoms with E-state index in [1.807, 2.05) is 26.0 Å². The van der Waals surface area contributed by atoms with Crippen LogP contribution in [0.1, 0.15) is 33.9 Å². The SMILES string of the molecule is Cc1ccc(CC(N)c2ccc(C(F)(F)F)cc2)cc1C. The first kappa shape index (κ1) is 15.6. The van der Waals surface area contributed by atoms with E-state index in [2.05, 4.69) is 6.07 Å². The third-order valence-electron chi connectivity index (χ3n) is 3.69. The molecule has 2 aromatic carbocycles. The minimum atomic E-state index is -4.31. The number of aryl methyl sites for hydroxylation is 2. The molecule has 0 heterocycles. The molecule has 0 saturated heterocycles. The Hall–Kier alpha value is -1.81. The highest BCUT2D eigenvalue weighted by atomic mass is 19.4. The molecule has 0 radical (unpaired) electrons. The van der Waals surface area contributed by atoms with Crippen molar-refractivity contribution in [2.75, 3.05) is 0 Å². The smallest absolute Gasteiger partial charge is 0.324 e. The molecule has 2 rings (SSSR count). The van der Waals surface area contributed by atoms with Gasteiger partial charge < -0.3 is 5.73 Å². The minimum Gasteiger partial charge on any atom is -0.324 e. The molecule has 112 valence electrons. The van der Waals surface area contributed by atoms with Crippen LogP contribution >= 0.6 is 0 Å². The highest BCUT2D eigenvalue weighted by molar-refractivity contribution is 5.32. The molecule has 1 unspecified atom stereocenters. The summed E-state index contributed by atoms with van der Waals surface area (Å²) in [5, 5.41) is 0. The predicted molar refractivity (Wildman–Crippen MR) is 78.0 cm³/mol. The van der Waals surface area contributed by atoms with Gasteiger partial charge in [-0.1, -0.05) is 30.3 Å². The number of hydrogen-bond acceptors (Lipinski definition) is 1. The second-order valence-electron chi connectivity index (χ2n) is 5.35. The molecule has 0 aliphatic carbocycles. The van der Waals surface area contributed by atoms with Gasteiger partial charge in [0.05, 0.1) is 5.56 Å². The summed E-state index contributed by atoms with van der Waals surface area (Å²) in [5.41, 5.74) is 9.64. The van der Waals surface area contributed by atoms with Crippen molar-refractivity contribution in [3.8, 4) is 0 Å². The van der Waals surface area contributed by atoms with Crippen LogP contribution in [0.2, 0.25) is 0 Å². The maximum absolute atomic E-state index is 12.5. The third kappa shape index (κ3) is 3.85. The zero-order valence-electron chi connectivity index (χ0n) is 12.0. The molecular formula is C17H18F3N. The maximum atomic E-state index is 12.5. The quantitative estimate of drug-likeness (QED) is 0.881. The van der Waals surface area contributed by atoms with Crippen molar-refractivity contribution >= 4 is 0 Å². The molecule has 0 aliphatic heterocycles. The van der Waals surface area contributed by atoms with E-state index in [4.69, 9.17) is 5.73 Å². The summed E-state index contributed by atoms with van der Waals surface area (Å²) in [7, 11) is 0. The molecule has 2 N–H and O–H groups in total. The summed E-state index contributed by atoms with van der Waals surface area (Å²) in [6, 6.07) is 10.9. The highest BCUT2D eigenvalue weighted by Gasteiger charge is 2.30. The largest absolute Gasteiger partial charge is 0.416 e. The Morgan fingerprint density at radius 3 is 2.10 bits per heavy atom. The molecule has 0 bridgehead atoms. The molecule has 0 saturated carbocycles. The Morgan fingerprint density at radius 1 is 0.952 bits per heavy atom.